The van der Waals surface area contributed by atoms with Crippen LogP contribution in [-0.2, 0) is 0 Å². The minimum atomic E-state index is -1.33. The Balaban J connectivity index is 0.00000128. The zero-order chi connectivity index (χ0) is 10.8. The third kappa shape index (κ3) is 2.41. The first-order chi connectivity index (χ1) is 7.18. The van der Waals surface area contributed by atoms with Gasteiger partial charge in [-0.05, 0) is 6.07 Å². The summed E-state index contributed by atoms with van der Waals surface area (Å²) in [7, 11) is 0. The largest absolute Gasteiger partial charge is 1.00 e. The van der Waals surface area contributed by atoms with Gasteiger partial charge in [-0.25, -0.2) is 0 Å². The zero-order valence-electron chi connectivity index (χ0n) is 8.51. The molecule has 76 valence electrons. The van der Waals surface area contributed by atoms with Gasteiger partial charge in [0.1, 0.15) is 5.82 Å². The molecule has 6 nitrogen and oxygen atoms in total. The summed E-state index contributed by atoms with van der Waals surface area (Å²) < 4.78 is 1.15. The van der Waals surface area contributed by atoms with E-state index < -0.39 is 5.97 Å². The van der Waals surface area contributed by atoms with E-state index in [4.69, 9.17) is 0 Å². The summed E-state index contributed by atoms with van der Waals surface area (Å²) in [5.41, 5.74) is -0.409. The van der Waals surface area contributed by atoms with Crippen molar-refractivity contribution in [3.8, 4) is 5.82 Å². The fourth-order valence-corrected chi connectivity index (χ4v) is 1.18. The molecule has 0 bridgehead atoms. The molecular weight excluding hydrogens is 221 g/mol. The number of carbonyl (C=O) groups excluding carboxylic acids is 1. The molecule has 2 heterocycles. The Kier molecular flexibility index (Phi) is 4.05. The molecule has 0 atom stereocenters. The van der Waals surface area contributed by atoms with Gasteiger partial charge in [0.05, 0.1) is 12.2 Å². The molecule has 0 amide bonds. The number of aromatic nitrogens is 3. The molecular formula is C9H6N3NaO3. The Morgan fingerprint density at radius 1 is 1.38 bits per heavy atom. The van der Waals surface area contributed by atoms with Crippen molar-refractivity contribution in [2.45, 2.75) is 0 Å². The smallest absolute Gasteiger partial charge is 0.545 e. The van der Waals surface area contributed by atoms with Crippen molar-refractivity contribution in [2.24, 2.45) is 0 Å². The van der Waals surface area contributed by atoms with Crippen LogP contribution in [0.3, 0.4) is 0 Å². The average molecular weight is 227 g/mol. The molecule has 2 aromatic heterocycles. The Morgan fingerprint density at radius 3 is 2.69 bits per heavy atom. The van der Waals surface area contributed by atoms with E-state index in [0.717, 1.165) is 10.6 Å². The van der Waals surface area contributed by atoms with Crippen LogP contribution in [-0.4, -0.2) is 20.7 Å². The maximum absolute atomic E-state index is 11.4. The quantitative estimate of drug-likeness (QED) is 0.528. The molecule has 2 aromatic rings. The van der Waals surface area contributed by atoms with Crippen LogP contribution < -0.4 is 40.2 Å². The van der Waals surface area contributed by atoms with Crippen molar-refractivity contribution < 1.29 is 39.5 Å². The van der Waals surface area contributed by atoms with Crippen LogP contribution in [0.15, 0.2) is 35.4 Å². The van der Waals surface area contributed by atoms with Crippen molar-refractivity contribution in [1.29, 1.82) is 0 Å². The maximum atomic E-state index is 11.4. The van der Waals surface area contributed by atoms with Gasteiger partial charge in [-0.2, -0.15) is 5.10 Å². The van der Waals surface area contributed by atoms with Gasteiger partial charge in [0, 0.05) is 23.9 Å². The number of aromatic carboxylic acids is 1. The fourth-order valence-electron chi connectivity index (χ4n) is 1.18. The van der Waals surface area contributed by atoms with Crippen LogP contribution in [0.1, 0.15) is 10.4 Å². The summed E-state index contributed by atoms with van der Waals surface area (Å²) in [5, 5.41) is 16.8. The second kappa shape index (κ2) is 5.11. The second-order valence-electron chi connectivity index (χ2n) is 2.86. The first kappa shape index (κ1) is 12.7. The Morgan fingerprint density at radius 2 is 2.12 bits per heavy atom. The topological polar surface area (TPSA) is 90.8 Å². The van der Waals surface area contributed by atoms with Gasteiger partial charge >= 0.3 is 29.6 Å². The van der Waals surface area contributed by atoms with Crippen molar-refractivity contribution in [2.75, 3.05) is 0 Å². The van der Waals surface area contributed by atoms with Crippen molar-refractivity contribution >= 4 is 5.97 Å². The van der Waals surface area contributed by atoms with Gasteiger partial charge in [0.25, 0.3) is 5.56 Å². The summed E-state index contributed by atoms with van der Waals surface area (Å²) in [6, 6.07) is 3.91. The number of rotatable bonds is 2. The normalized spacial score (nSPS) is 9.50. The van der Waals surface area contributed by atoms with Gasteiger partial charge in [-0.15, -0.1) is 0 Å². The molecule has 0 spiro atoms. The van der Waals surface area contributed by atoms with E-state index in [1.165, 1.54) is 18.5 Å². The number of carbonyl (C=O) groups is 1. The van der Waals surface area contributed by atoms with Gasteiger partial charge in [-0.3, -0.25) is 14.5 Å². The summed E-state index contributed by atoms with van der Waals surface area (Å²) in [4.78, 5) is 22.0. The number of carboxylic acid groups (broad SMARTS) is 1. The first-order valence-electron chi connectivity index (χ1n) is 4.12. The molecule has 0 aromatic carbocycles. The summed E-state index contributed by atoms with van der Waals surface area (Å²) in [5.74, 6) is -0.925. The Hall–Kier alpha value is -1.37. The van der Waals surface area contributed by atoms with Crippen molar-refractivity contribution in [3.05, 3.63) is 46.5 Å². The predicted octanol–water partition coefficient (Wildman–Crippen LogP) is -4.07. The van der Waals surface area contributed by atoms with Crippen LogP contribution in [0, 0.1) is 0 Å². The number of hydrogen-bond donors (Lipinski definition) is 1. The van der Waals surface area contributed by atoms with E-state index in [2.05, 4.69) is 10.2 Å². The Labute approximate surface area is 112 Å². The monoisotopic (exact) mass is 227 g/mol. The molecule has 0 aliphatic heterocycles. The summed E-state index contributed by atoms with van der Waals surface area (Å²) >= 11 is 0. The number of H-pyrrole nitrogens is 1. The van der Waals surface area contributed by atoms with Crippen molar-refractivity contribution in [3.63, 3.8) is 0 Å². The summed E-state index contributed by atoms with van der Waals surface area (Å²) in [6.45, 7) is 0. The van der Waals surface area contributed by atoms with Crippen LogP contribution in [0.4, 0.5) is 0 Å². The zero-order valence-corrected chi connectivity index (χ0v) is 10.5. The van der Waals surface area contributed by atoms with Crippen LogP contribution >= 0.6 is 0 Å². The number of hydrogen-bond acceptors (Lipinski definition) is 4. The molecule has 16 heavy (non-hydrogen) atoms. The molecule has 0 saturated carbocycles. The third-order valence-corrected chi connectivity index (χ3v) is 1.89. The number of pyridine rings is 1. The third-order valence-electron chi connectivity index (χ3n) is 1.89. The van der Waals surface area contributed by atoms with Crippen LogP contribution in [0.5, 0.6) is 0 Å². The first-order valence-corrected chi connectivity index (χ1v) is 4.12. The predicted molar refractivity (Wildman–Crippen MR) is 48.5 cm³/mol. The fraction of sp³-hybridized carbons (Fsp3) is 0. The molecule has 0 aliphatic carbocycles. The minimum Gasteiger partial charge on any atom is -0.545 e. The summed E-state index contributed by atoms with van der Waals surface area (Å²) in [6.07, 6.45) is 2.65. The molecule has 0 aliphatic rings. The standard InChI is InChI=1S/C9H7N3O3.Na/c13-8-2-1-6(9(14)15)5-12(8)7-3-4-10-11-7;/h1-5H,(H,10,11)(H,14,15);/q;+1/p-1. The number of carboxylic acids is 1. The molecule has 0 unspecified atom stereocenters. The second-order valence-corrected chi connectivity index (χ2v) is 2.86. The van der Waals surface area contributed by atoms with E-state index in [1.54, 1.807) is 6.07 Å². The number of nitrogens with one attached hydrogen (secondary N) is 1. The molecule has 0 radical (unpaired) electrons. The maximum Gasteiger partial charge on any atom is 1.00 e. The van der Waals surface area contributed by atoms with E-state index in [-0.39, 0.29) is 40.7 Å². The van der Waals surface area contributed by atoms with E-state index >= 15 is 0 Å². The van der Waals surface area contributed by atoms with E-state index in [0.29, 0.717) is 5.82 Å². The van der Waals surface area contributed by atoms with Gasteiger partial charge in [-0.1, -0.05) is 0 Å². The SMILES string of the molecule is O=C([O-])c1ccc(=O)n(-c2ccn[nH]2)c1.[Na+]. The number of nitrogens with zero attached hydrogens (tertiary/aromatic N) is 2. The Bertz CT molecular complexity index is 547. The molecule has 7 heteroatoms. The van der Waals surface area contributed by atoms with Gasteiger partial charge < -0.3 is 9.90 Å². The van der Waals surface area contributed by atoms with Gasteiger partial charge in [0.2, 0.25) is 0 Å². The molecule has 0 saturated heterocycles. The van der Waals surface area contributed by atoms with E-state index in [9.17, 15) is 14.7 Å². The molecule has 1 N–H and O–H groups in total. The number of aromatic amines is 1. The molecule has 2 rings (SSSR count). The van der Waals surface area contributed by atoms with Crippen molar-refractivity contribution in [1.82, 2.24) is 14.8 Å². The minimum absolute atomic E-state index is 0. The van der Waals surface area contributed by atoms with Gasteiger partial charge in [0.15, 0.2) is 0 Å². The average Bonchev–Trinajstić information content (AvgIpc) is 2.71. The van der Waals surface area contributed by atoms with Crippen LogP contribution in [0.25, 0.3) is 5.82 Å². The van der Waals surface area contributed by atoms with Crippen LogP contribution in [0.2, 0.25) is 0 Å². The molecule has 0 fully saturated rings. The van der Waals surface area contributed by atoms with E-state index in [1.807, 2.05) is 0 Å².